The summed E-state index contributed by atoms with van der Waals surface area (Å²) in [5.41, 5.74) is 1.54. The van der Waals surface area contributed by atoms with Crippen LogP contribution in [0.1, 0.15) is 5.69 Å². The zero-order chi connectivity index (χ0) is 21.8. The highest BCUT2D eigenvalue weighted by molar-refractivity contribution is 5.92. The van der Waals surface area contributed by atoms with Gasteiger partial charge in [0.05, 0.1) is 21.3 Å². The SMILES string of the molecule is COc1cc(Nc2cc(C)nc(Nc3nccc4ccccc34)n2)cc(OC)c1OC. The van der Waals surface area contributed by atoms with E-state index in [0.717, 1.165) is 22.2 Å². The van der Waals surface area contributed by atoms with Gasteiger partial charge < -0.3 is 24.8 Å². The van der Waals surface area contributed by atoms with Gasteiger partial charge in [-0.2, -0.15) is 4.98 Å². The molecular formula is C23H23N5O3. The second-order valence-corrected chi connectivity index (χ2v) is 6.76. The van der Waals surface area contributed by atoms with E-state index in [4.69, 9.17) is 14.2 Å². The van der Waals surface area contributed by atoms with Gasteiger partial charge >= 0.3 is 0 Å². The molecule has 31 heavy (non-hydrogen) atoms. The van der Waals surface area contributed by atoms with E-state index in [9.17, 15) is 0 Å². The van der Waals surface area contributed by atoms with E-state index in [0.29, 0.717) is 34.8 Å². The molecule has 0 aliphatic heterocycles. The van der Waals surface area contributed by atoms with Crippen LogP contribution >= 0.6 is 0 Å². The van der Waals surface area contributed by atoms with Crippen molar-refractivity contribution >= 4 is 34.0 Å². The Hall–Kier alpha value is -4.07. The van der Waals surface area contributed by atoms with Gasteiger partial charge in [0.15, 0.2) is 11.5 Å². The van der Waals surface area contributed by atoms with Gasteiger partial charge in [0.1, 0.15) is 11.6 Å². The number of nitrogens with one attached hydrogen (secondary N) is 2. The minimum absolute atomic E-state index is 0.443. The number of methoxy groups -OCH3 is 3. The number of benzene rings is 2. The van der Waals surface area contributed by atoms with Gasteiger partial charge in [-0.3, -0.25) is 0 Å². The zero-order valence-corrected chi connectivity index (χ0v) is 17.8. The van der Waals surface area contributed by atoms with Crippen molar-refractivity contribution in [2.45, 2.75) is 6.92 Å². The van der Waals surface area contributed by atoms with Crippen molar-refractivity contribution in [3.05, 3.63) is 60.4 Å². The molecule has 0 aliphatic carbocycles. The van der Waals surface area contributed by atoms with Crippen molar-refractivity contribution in [2.24, 2.45) is 0 Å². The number of nitrogens with zero attached hydrogens (tertiary/aromatic N) is 3. The van der Waals surface area contributed by atoms with Gasteiger partial charge in [0, 0.05) is 41.2 Å². The van der Waals surface area contributed by atoms with Crippen molar-refractivity contribution in [3.63, 3.8) is 0 Å². The number of pyridine rings is 1. The molecule has 0 spiro atoms. The number of anilines is 4. The first-order valence-electron chi connectivity index (χ1n) is 9.64. The van der Waals surface area contributed by atoms with Crippen LogP contribution < -0.4 is 24.8 Å². The highest BCUT2D eigenvalue weighted by Crippen LogP contribution is 2.40. The number of rotatable bonds is 7. The second kappa shape index (κ2) is 8.74. The van der Waals surface area contributed by atoms with Crippen LogP contribution in [0.3, 0.4) is 0 Å². The zero-order valence-electron chi connectivity index (χ0n) is 17.8. The Kier molecular flexibility index (Phi) is 5.70. The molecule has 8 nitrogen and oxygen atoms in total. The van der Waals surface area contributed by atoms with Crippen LogP contribution in [-0.4, -0.2) is 36.3 Å². The van der Waals surface area contributed by atoms with Crippen LogP contribution in [-0.2, 0) is 0 Å². The summed E-state index contributed by atoms with van der Waals surface area (Å²) in [6.07, 6.45) is 1.76. The third-order valence-electron chi connectivity index (χ3n) is 4.70. The molecule has 2 aromatic carbocycles. The van der Waals surface area contributed by atoms with Crippen LogP contribution in [0.15, 0.2) is 54.7 Å². The maximum atomic E-state index is 5.43. The molecule has 0 radical (unpaired) electrons. The largest absolute Gasteiger partial charge is 0.493 e. The summed E-state index contributed by atoms with van der Waals surface area (Å²) < 4.78 is 16.2. The summed E-state index contributed by atoms with van der Waals surface area (Å²) in [6, 6.07) is 15.5. The molecule has 158 valence electrons. The molecule has 2 heterocycles. The highest BCUT2D eigenvalue weighted by Gasteiger charge is 2.14. The van der Waals surface area contributed by atoms with E-state index in [2.05, 4.69) is 25.6 Å². The molecule has 0 amide bonds. The third-order valence-corrected chi connectivity index (χ3v) is 4.70. The molecule has 2 N–H and O–H groups in total. The van der Waals surface area contributed by atoms with Crippen LogP contribution in [0, 0.1) is 6.92 Å². The van der Waals surface area contributed by atoms with Crippen LogP contribution in [0.2, 0.25) is 0 Å². The van der Waals surface area contributed by atoms with Crippen LogP contribution in [0.4, 0.5) is 23.3 Å². The summed E-state index contributed by atoms with van der Waals surface area (Å²) in [5.74, 6) is 3.38. The molecule has 4 rings (SSSR count). The fraction of sp³-hybridized carbons (Fsp3) is 0.174. The normalized spacial score (nSPS) is 10.6. The summed E-state index contributed by atoms with van der Waals surface area (Å²) in [5, 5.41) is 8.60. The third kappa shape index (κ3) is 4.28. The minimum Gasteiger partial charge on any atom is -0.493 e. The van der Waals surface area contributed by atoms with E-state index in [1.54, 1.807) is 27.5 Å². The van der Waals surface area contributed by atoms with Crippen molar-refractivity contribution in [1.29, 1.82) is 0 Å². The molecule has 0 atom stereocenters. The maximum Gasteiger partial charge on any atom is 0.230 e. The predicted octanol–water partition coefficient (Wildman–Crippen LogP) is 4.85. The predicted molar refractivity (Wildman–Crippen MR) is 121 cm³/mol. The van der Waals surface area contributed by atoms with Crippen molar-refractivity contribution in [1.82, 2.24) is 15.0 Å². The number of hydrogen-bond donors (Lipinski definition) is 2. The minimum atomic E-state index is 0.443. The molecule has 0 bridgehead atoms. The van der Waals surface area contributed by atoms with Gasteiger partial charge in [-0.15, -0.1) is 0 Å². The lowest BCUT2D eigenvalue weighted by Crippen LogP contribution is -2.04. The summed E-state index contributed by atoms with van der Waals surface area (Å²) in [4.78, 5) is 13.6. The molecule has 0 unspecified atom stereocenters. The summed E-state index contributed by atoms with van der Waals surface area (Å²) >= 11 is 0. The van der Waals surface area contributed by atoms with Crippen molar-refractivity contribution in [3.8, 4) is 17.2 Å². The van der Waals surface area contributed by atoms with E-state index >= 15 is 0 Å². The lowest BCUT2D eigenvalue weighted by atomic mass is 10.1. The van der Waals surface area contributed by atoms with Crippen LogP contribution in [0.5, 0.6) is 17.2 Å². The first kappa shape index (κ1) is 20.2. The first-order chi connectivity index (χ1) is 15.1. The number of fused-ring (bicyclic) bond motifs is 1. The Morgan fingerprint density at radius 2 is 1.55 bits per heavy atom. The van der Waals surface area contributed by atoms with Gasteiger partial charge in [-0.05, 0) is 18.4 Å². The number of aromatic nitrogens is 3. The Balaban J connectivity index is 1.66. The molecule has 8 heteroatoms. The lowest BCUT2D eigenvalue weighted by molar-refractivity contribution is 0.324. The molecular weight excluding hydrogens is 394 g/mol. The fourth-order valence-electron chi connectivity index (χ4n) is 3.31. The van der Waals surface area contributed by atoms with Gasteiger partial charge in [-0.1, -0.05) is 24.3 Å². The van der Waals surface area contributed by atoms with Crippen LogP contribution in [0.25, 0.3) is 10.8 Å². The van der Waals surface area contributed by atoms with Gasteiger partial charge in [0.25, 0.3) is 0 Å². The molecule has 0 aliphatic rings. The molecule has 0 fully saturated rings. The monoisotopic (exact) mass is 417 g/mol. The fourth-order valence-corrected chi connectivity index (χ4v) is 3.31. The van der Waals surface area contributed by atoms with E-state index in [-0.39, 0.29) is 0 Å². The number of ether oxygens (including phenoxy) is 3. The number of hydrogen-bond acceptors (Lipinski definition) is 8. The summed E-state index contributed by atoms with van der Waals surface area (Å²) in [7, 11) is 4.73. The Labute approximate surface area is 180 Å². The average molecular weight is 417 g/mol. The average Bonchev–Trinajstić information content (AvgIpc) is 2.78. The Morgan fingerprint density at radius 3 is 2.26 bits per heavy atom. The second-order valence-electron chi connectivity index (χ2n) is 6.76. The maximum absolute atomic E-state index is 5.43. The summed E-state index contributed by atoms with van der Waals surface area (Å²) in [6.45, 7) is 1.91. The van der Waals surface area contributed by atoms with Gasteiger partial charge in [-0.25, -0.2) is 9.97 Å². The van der Waals surface area contributed by atoms with E-state index in [1.165, 1.54) is 0 Å². The highest BCUT2D eigenvalue weighted by atomic mass is 16.5. The van der Waals surface area contributed by atoms with E-state index < -0.39 is 0 Å². The quantitative estimate of drug-likeness (QED) is 0.441. The van der Waals surface area contributed by atoms with Crippen molar-refractivity contribution < 1.29 is 14.2 Å². The smallest absolute Gasteiger partial charge is 0.230 e. The molecule has 4 aromatic rings. The standard InChI is InChI=1S/C23H23N5O3/c1-14-11-20(26-16-12-18(29-2)21(31-4)19(13-16)30-3)27-23(25-14)28-22-17-8-6-5-7-15(17)9-10-24-22/h5-13H,1-4H3,(H2,24,25,26,27,28). The Morgan fingerprint density at radius 1 is 0.806 bits per heavy atom. The van der Waals surface area contributed by atoms with E-state index in [1.807, 2.05) is 55.5 Å². The topological polar surface area (TPSA) is 90.4 Å². The lowest BCUT2D eigenvalue weighted by Gasteiger charge is -2.15. The molecule has 2 aromatic heterocycles. The number of aryl methyl sites for hydroxylation is 1. The molecule has 0 saturated heterocycles. The van der Waals surface area contributed by atoms with Crippen molar-refractivity contribution in [2.75, 3.05) is 32.0 Å². The molecule has 0 saturated carbocycles. The first-order valence-corrected chi connectivity index (χ1v) is 9.64. The Bertz CT molecular complexity index is 1200. The van der Waals surface area contributed by atoms with Gasteiger partial charge in [0.2, 0.25) is 11.7 Å².